The lowest BCUT2D eigenvalue weighted by Crippen LogP contribution is -2.50. The summed E-state index contributed by atoms with van der Waals surface area (Å²) in [5.41, 5.74) is 0. The van der Waals surface area contributed by atoms with Crippen molar-refractivity contribution in [1.29, 1.82) is 0 Å². The SMILES string of the molecule is CC/C=C/C/C=C/C/C=C/CCCCCCCCCCCCCC(=O)OCC(COCCC(C(=O)O)[N+](C)(C)C)OC(=O)CCCCCCCCCCCCCCCCCCCC. The molecule has 0 bridgehead atoms. The molecule has 0 rings (SSSR count). The second-order valence-corrected chi connectivity index (χ2v) is 19.1. The zero-order valence-corrected chi connectivity index (χ0v) is 42.0. The van der Waals surface area contributed by atoms with E-state index in [4.69, 9.17) is 14.2 Å². The van der Waals surface area contributed by atoms with Crippen LogP contribution in [0.5, 0.6) is 0 Å². The fourth-order valence-corrected chi connectivity index (χ4v) is 7.99. The molecule has 2 atom stereocenters. The number of carbonyl (C=O) groups excluding carboxylic acids is 2. The molecule has 0 aromatic carbocycles. The molecule has 0 spiro atoms. The van der Waals surface area contributed by atoms with Gasteiger partial charge in [0, 0.05) is 19.3 Å². The Hall–Kier alpha value is -2.45. The van der Waals surface area contributed by atoms with Gasteiger partial charge in [-0.3, -0.25) is 9.59 Å². The zero-order chi connectivity index (χ0) is 46.3. The highest BCUT2D eigenvalue weighted by Crippen LogP contribution is 2.17. The Bertz CT molecular complexity index is 1130. The summed E-state index contributed by atoms with van der Waals surface area (Å²) >= 11 is 0. The lowest BCUT2D eigenvalue weighted by atomic mass is 10.0. The van der Waals surface area contributed by atoms with E-state index in [1.165, 1.54) is 154 Å². The predicted molar refractivity (Wildman–Crippen MR) is 266 cm³/mol. The van der Waals surface area contributed by atoms with Gasteiger partial charge in [-0.25, -0.2) is 4.79 Å². The molecule has 2 unspecified atom stereocenters. The molecule has 0 aromatic rings. The van der Waals surface area contributed by atoms with Crippen molar-refractivity contribution in [3.8, 4) is 0 Å². The fourth-order valence-electron chi connectivity index (χ4n) is 7.99. The second kappa shape index (κ2) is 46.1. The first-order chi connectivity index (χ1) is 30.6. The molecule has 0 heterocycles. The van der Waals surface area contributed by atoms with Crippen LogP contribution in [0.2, 0.25) is 0 Å². The number of aliphatic carboxylic acids is 1. The summed E-state index contributed by atoms with van der Waals surface area (Å²) in [5, 5.41) is 9.66. The molecule has 0 aliphatic rings. The molecule has 63 heavy (non-hydrogen) atoms. The van der Waals surface area contributed by atoms with Crippen LogP contribution in [0.3, 0.4) is 0 Å². The number of hydrogen-bond acceptors (Lipinski definition) is 6. The minimum Gasteiger partial charge on any atom is -0.477 e. The molecule has 0 saturated carbocycles. The topological polar surface area (TPSA) is 99.1 Å². The first kappa shape index (κ1) is 60.5. The molecular formula is C55H102NO7+. The first-order valence-corrected chi connectivity index (χ1v) is 26.5. The van der Waals surface area contributed by atoms with Crippen LogP contribution in [0.25, 0.3) is 0 Å². The number of allylic oxidation sites excluding steroid dienone is 6. The van der Waals surface area contributed by atoms with Crippen molar-refractivity contribution in [2.45, 2.75) is 257 Å². The maximum absolute atomic E-state index is 12.8. The van der Waals surface area contributed by atoms with Gasteiger partial charge in [0.25, 0.3) is 0 Å². The van der Waals surface area contributed by atoms with E-state index in [-0.39, 0.29) is 36.2 Å². The fraction of sp³-hybridized carbons (Fsp3) is 0.836. The van der Waals surface area contributed by atoms with Crippen LogP contribution in [0.1, 0.15) is 245 Å². The summed E-state index contributed by atoms with van der Waals surface area (Å²) in [5.74, 6) is -1.45. The summed E-state index contributed by atoms with van der Waals surface area (Å²) < 4.78 is 17.4. The Morgan fingerprint density at radius 3 is 1.32 bits per heavy atom. The van der Waals surface area contributed by atoms with Crippen molar-refractivity contribution in [2.24, 2.45) is 0 Å². The lowest BCUT2D eigenvalue weighted by molar-refractivity contribution is -0.887. The quantitative estimate of drug-likeness (QED) is 0.0281. The van der Waals surface area contributed by atoms with Gasteiger partial charge in [0.2, 0.25) is 0 Å². The van der Waals surface area contributed by atoms with Crippen molar-refractivity contribution in [2.75, 3.05) is 41.0 Å². The molecule has 0 aliphatic heterocycles. The molecule has 8 heteroatoms. The third kappa shape index (κ3) is 44.5. The van der Waals surface area contributed by atoms with Crippen LogP contribution in [0, 0.1) is 0 Å². The molecule has 368 valence electrons. The Kier molecular flexibility index (Phi) is 44.3. The highest BCUT2D eigenvalue weighted by atomic mass is 16.6. The van der Waals surface area contributed by atoms with Crippen LogP contribution in [-0.2, 0) is 28.6 Å². The normalized spacial score (nSPS) is 13.1. The van der Waals surface area contributed by atoms with Gasteiger partial charge in [-0.2, -0.15) is 0 Å². The van der Waals surface area contributed by atoms with Crippen molar-refractivity contribution in [3.05, 3.63) is 36.5 Å². The third-order valence-corrected chi connectivity index (χ3v) is 12.1. The Labute approximate surface area is 389 Å². The number of carboxylic acid groups (broad SMARTS) is 1. The monoisotopic (exact) mass is 889 g/mol. The van der Waals surface area contributed by atoms with E-state index >= 15 is 0 Å². The molecule has 0 fully saturated rings. The highest BCUT2D eigenvalue weighted by molar-refractivity contribution is 5.72. The van der Waals surface area contributed by atoms with Gasteiger partial charge in [-0.1, -0.05) is 217 Å². The number of carbonyl (C=O) groups is 3. The molecule has 0 radical (unpaired) electrons. The molecule has 0 amide bonds. The molecular weight excluding hydrogens is 787 g/mol. The van der Waals surface area contributed by atoms with Crippen molar-refractivity contribution in [1.82, 2.24) is 0 Å². The molecule has 0 saturated heterocycles. The number of unbranched alkanes of at least 4 members (excludes halogenated alkanes) is 28. The number of nitrogens with zero attached hydrogens (tertiary/aromatic N) is 1. The van der Waals surface area contributed by atoms with Gasteiger partial charge in [0.05, 0.1) is 34.4 Å². The smallest absolute Gasteiger partial charge is 0.362 e. The van der Waals surface area contributed by atoms with E-state index in [0.29, 0.717) is 19.3 Å². The minimum absolute atomic E-state index is 0.0485. The van der Waals surface area contributed by atoms with Gasteiger partial charge in [-0.15, -0.1) is 0 Å². The van der Waals surface area contributed by atoms with Crippen molar-refractivity contribution in [3.63, 3.8) is 0 Å². The Morgan fingerprint density at radius 2 is 0.889 bits per heavy atom. The van der Waals surface area contributed by atoms with Crippen LogP contribution >= 0.6 is 0 Å². The average Bonchev–Trinajstić information content (AvgIpc) is 3.24. The Morgan fingerprint density at radius 1 is 0.492 bits per heavy atom. The number of quaternary nitrogens is 1. The number of likely N-dealkylation sites (N-methyl/N-ethyl adjacent to an activating group) is 1. The predicted octanol–water partition coefficient (Wildman–Crippen LogP) is 15.4. The summed E-state index contributed by atoms with van der Waals surface area (Å²) in [6.07, 6.45) is 54.8. The standard InChI is InChI=1S/C55H101NO7/c1-6-8-10-12-14-16-18-20-22-24-26-27-28-30-31-33-35-37-39-41-43-45-53(57)62-50-51(49-61-48-47-52(55(59)60)56(3,4)5)63-54(58)46-44-42-40-38-36-34-32-29-25-23-21-19-17-15-13-11-9-7-2/h8,10,14,16,20,22,51-52H,6-7,9,11-13,15,17-19,21,23-50H2,1-5H3/p+1/b10-8+,16-14+,22-20+. The number of esters is 2. The van der Waals surface area contributed by atoms with E-state index in [1.807, 2.05) is 21.1 Å². The van der Waals surface area contributed by atoms with Gasteiger partial charge >= 0.3 is 17.9 Å². The van der Waals surface area contributed by atoms with Gasteiger partial charge in [0.1, 0.15) is 6.61 Å². The first-order valence-electron chi connectivity index (χ1n) is 26.5. The van der Waals surface area contributed by atoms with Crippen molar-refractivity contribution >= 4 is 17.9 Å². The van der Waals surface area contributed by atoms with E-state index in [9.17, 15) is 19.5 Å². The van der Waals surface area contributed by atoms with Crippen LogP contribution in [-0.4, -0.2) is 80.6 Å². The van der Waals surface area contributed by atoms with Crippen molar-refractivity contribution < 1.29 is 38.2 Å². The van der Waals surface area contributed by atoms with E-state index in [2.05, 4.69) is 50.3 Å². The van der Waals surface area contributed by atoms with E-state index in [1.54, 1.807) is 0 Å². The average molecular weight is 889 g/mol. The number of hydrogen-bond donors (Lipinski definition) is 1. The third-order valence-electron chi connectivity index (χ3n) is 12.1. The second-order valence-electron chi connectivity index (χ2n) is 19.1. The van der Waals surface area contributed by atoms with Gasteiger partial charge in [-0.05, 0) is 44.9 Å². The maximum atomic E-state index is 12.8. The van der Waals surface area contributed by atoms with E-state index < -0.39 is 18.1 Å². The minimum atomic E-state index is -0.872. The number of rotatable bonds is 48. The molecule has 8 nitrogen and oxygen atoms in total. The zero-order valence-electron chi connectivity index (χ0n) is 42.0. The van der Waals surface area contributed by atoms with Crippen LogP contribution in [0.4, 0.5) is 0 Å². The van der Waals surface area contributed by atoms with Gasteiger partial charge in [0.15, 0.2) is 12.1 Å². The van der Waals surface area contributed by atoms with E-state index in [0.717, 1.165) is 57.8 Å². The number of carboxylic acids is 1. The molecule has 0 aliphatic carbocycles. The maximum Gasteiger partial charge on any atom is 0.362 e. The summed E-state index contributed by atoms with van der Waals surface area (Å²) in [4.78, 5) is 37.2. The summed E-state index contributed by atoms with van der Waals surface area (Å²) in [6, 6.07) is -0.613. The summed E-state index contributed by atoms with van der Waals surface area (Å²) in [6.45, 7) is 4.67. The van der Waals surface area contributed by atoms with Crippen LogP contribution in [0.15, 0.2) is 36.5 Å². The lowest BCUT2D eigenvalue weighted by Gasteiger charge is -2.31. The highest BCUT2D eigenvalue weighted by Gasteiger charge is 2.31. The van der Waals surface area contributed by atoms with Crippen LogP contribution < -0.4 is 0 Å². The summed E-state index contributed by atoms with van der Waals surface area (Å²) in [7, 11) is 5.54. The largest absolute Gasteiger partial charge is 0.477 e. The Balaban J connectivity index is 4.19. The molecule has 0 aromatic heterocycles. The van der Waals surface area contributed by atoms with Gasteiger partial charge < -0.3 is 23.8 Å². The number of ether oxygens (including phenoxy) is 3. The molecule has 1 N–H and O–H groups in total.